The number of carbonyl (C=O) groups is 1. The van der Waals surface area contributed by atoms with Gasteiger partial charge in [0.05, 0.1) is 0 Å². The maximum atomic E-state index is 13.3. The Hall–Kier alpha value is -3.18. The van der Waals surface area contributed by atoms with Crippen molar-refractivity contribution in [1.82, 2.24) is 9.88 Å². The summed E-state index contributed by atoms with van der Waals surface area (Å²) >= 11 is 0. The van der Waals surface area contributed by atoms with E-state index in [1.807, 2.05) is 25.4 Å². The molecule has 5 rings (SSSR count). The minimum absolute atomic E-state index is 0.143. The highest BCUT2D eigenvalue weighted by Gasteiger charge is 2.29. The molecule has 1 saturated carbocycles. The molecule has 188 valence electrons. The Morgan fingerprint density at radius 1 is 1.00 bits per heavy atom. The zero-order valence-corrected chi connectivity index (χ0v) is 22.0. The molecule has 1 aliphatic heterocycles. The predicted molar refractivity (Wildman–Crippen MR) is 149 cm³/mol. The maximum Gasteiger partial charge on any atom is 0.274 e. The van der Waals surface area contributed by atoms with Gasteiger partial charge in [0.2, 0.25) is 0 Å². The van der Waals surface area contributed by atoms with Gasteiger partial charge in [-0.1, -0.05) is 30.7 Å². The van der Waals surface area contributed by atoms with Gasteiger partial charge in [0.15, 0.2) is 0 Å². The number of amides is 1. The van der Waals surface area contributed by atoms with Gasteiger partial charge in [0.1, 0.15) is 5.69 Å². The van der Waals surface area contributed by atoms with E-state index >= 15 is 0 Å². The normalized spacial score (nSPS) is 18.2. The third-order valence-corrected chi connectivity index (χ3v) is 8.06. The Labute approximate surface area is 215 Å². The summed E-state index contributed by atoms with van der Waals surface area (Å²) in [6.45, 7) is 8.62. The number of nitrogens with one attached hydrogen (secondary N) is 2. The average molecular weight is 483 g/mol. The summed E-state index contributed by atoms with van der Waals surface area (Å²) < 4.78 is 0. The van der Waals surface area contributed by atoms with Gasteiger partial charge in [-0.3, -0.25) is 14.7 Å². The van der Waals surface area contributed by atoms with Gasteiger partial charge in [-0.2, -0.15) is 0 Å². The topological polar surface area (TPSA) is 57.3 Å². The molecule has 5 nitrogen and oxygen atoms in total. The van der Waals surface area contributed by atoms with Crippen molar-refractivity contribution in [3.8, 4) is 11.1 Å². The molecule has 0 unspecified atom stereocenters. The third kappa shape index (κ3) is 5.03. The summed E-state index contributed by atoms with van der Waals surface area (Å²) in [5.74, 6) is 0.429. The minimum atomic E-state index is -0.143. The second kappa shape index (κ2) is 10.4. The SMILES string of the molecule is CNc1cccc(-c2cccc(NC(=O)c3cc(C4CC4)c(CN4CCCC[C@H]4C)cn3)c2C)c1C. The Morgan fingerprint density at radius 2 is 1.69 bits per heavy atom. The number of nitrogens with zero attached hydrogens (tertiary/aromatic N) is 2. The summed E-state index contributed by atoms with van der Waals surface area (Å²) in [6.07, 6.45) is 8.24. The van der Waals surface area contributed by atoms with Crippen LogP contribution < -0.4 is 10.6 Å². The molecule has 2 heterocycles. The van der Waals surface area contributed by atoms with E-state index in [1.165, 1.54) is 54.4 Å². The highest BCUT2D eigenvalue weighted by Crippen LogP contribution is 2.42. The molecule has 1 aliphatic carbocycles. The van der Waals surface area contributed by atoms with E-state index in [2.05, 4.69) is 71.6 Å². The smallest absolute Gasteiger partial charge is 0.274 e. The lowest BCUT2D eigenvalue weighted by atomic mass is 9.94. The molecule has 0 radical (unpaired) electrons. The van der Waals surface area contributed by atoms with Crippen molar-refractivity contribution in [3.05, 3.63) is 76.6 Å². The molecule has 2 aliphatic rings. The van der Waals surface area contributed by atoms with Crippen molar-refractivity contribution in [2.24, 2.45) is 0 Å². The molecule has 1 amide bonds. The van der Waals surface area contributed by atoms with Crippen LogP contribution in [0.15, 0.2) is 48.7 Å². The number of anilines is 2. The number of piperidine rings is 1. The lowest BCUT2D eigenvalue weighted by Gasteiger charge is -2.33. The highest BCUT2D eigenvalue weighted by molar-refractivity contribution is 6.04. The standard InChI is InChI=1S/C31H38N4O/c1-20-9-5-6-16-35(20)19-24-18-33-30(17-27(24)23-14-15-23)31(36)34-29-13-8-11-26(22(29)3)25-10-7-12-28(32-4)21(25)2/h7-8,10-13,17-18,20,23,32H,5-6,9,14-16,19H2,1-4H3,(H,34,36)/t20-/m1/s1. The van der Waals surface area contributed by atoms with Crippen molar-refractivity contribution in [2.75, 3.05) is 24.2 Å². The fourth-order valence-electron chi connectivity index (χ4n) is 5.59. The lowest BCUT2D eigenvalue weighted by Crippen LogP contribution is -2.37. The van der Waals surface area contributed by atoms with E-state index in [-0.39, 0.29) is 5.91 Å². The number of aromatic nitrogens is 1. The van der Waals surface area contributed by atoms with Crippen molar-refractivity contribution in [2.45, 2.75) is 71.4 Å². The number of rotatable bonds is 7. The van der Waals surface area contributed by atoms with Gasteiger partial charge >= 0.3 is 0 Å². The molecule has 5 heteroatoms. The largest absolute Gasteiger partial charge is 0.388 e. The predicted octanol–water partition coefficient (Wildman–Crippen LogP) is 6.91. The molecule has 1 aromatic heterocycles. The van der Waals surface area contributed by atoms with Crippen molar-refractivity contribution in [1.29, 1.82) is 0 Å². The van der Waals surface area contributed by atoms with Crippen LogP contribution in [0.3, 0.4) is 0 Å². The molecule has 2 fully saturated rings. The maximum absolute atomic E-state index is 13.3. The van der Waals surface area contributed by atoms with Crippen molar-refractivity contribution >= 4 is 17.3 Å². The second-order valence-electron chi connectivity index (χ2n) is 10.5. The molecule has 36 heavy (non-hydrogen) atoms. The molecule has 1 saturated heterocycles. The fourth-order valence-corrected chi connectivity index (χ4v) is 5.59. The van der Waals surface area contributed by atoms with Gasteiger partial charge in [0, 0.05) is 37.2 Å². The van der Waals surface area contributed by atoms with Crippen LogP contribution in [-0.4, -0.2) is 35.4 Å². The second-order valence-corrected chi connectivity index (χ2v) is 10.5. The molecule has 0 bridgehead atoms. The van der Waals surface area contributed by atoms with Crippen molar-refractivity contribution < 1.29 is 4.79 Å². The molecule has 2 N–H and O–H groups in total. The van der Waals surface area contributed by atoms with Crippen LogP contribution in [-0.2, 0) is 6.54 Å². The first-order valence-corrected chi connectivity index (χ1v) is 13.4. The van der Waals surface area contributed by atoms with Crippen LogP contribution in [0.5, 0.6) is 0 Å². The van der Waals surface area contributed by atoms with E-state index in [0.29, 0.717) is 17.7 Å². The Bertz CT molecular complexity index is 1260. The Kier molecular flexibility index (Phi) is 7.10. The molecule has 0 spiro atoms. The zero-order chi connectivity index (χ0) is 25.2. The van der Waals surface area contributed by atoms with E-state index in [4.69, 9.17) is 0 Å². The number of benzene rings is 2. The first-order chi connectivity index (χ1) is 17.5. The van der Waals surface area contributed by atoms with Crippen molar-refractivity contribution in [3.63, 3.8) is 0 Å². The first-order valence-electron chi connectivity index (χ1n) is 13.4. The van der Waals surface area contributed by atoms with E-state index in [0.717, 1.165) is 35.6 Å². The average Bonchev–Trinajstić information content (AvgIpc) is 3.73. The summed E-state index contributed by atoms with van der Waals surface area (Å²) in [4.78, 5) is 20.5. The van der Waals surface area contributed by atoms with Crippen LogP contribution in [0.25, 0.3) is 11.1 Å². The molecular formula is C31H38N4O. The number of pyridine rings is 1. The van der Waals surface area contributed by atoms with Crippen LogP contribution >= 0.6 is 0 Å². The van der Waals surface area contributed by atoms with Crippen LogP contribution in [0.4, 0.5) is 11.4 Å². The molecule has 2 aromatic carbocycles. The van der Waals surface area contributed by atoms with Crippen LogP contribution in [0.1, 0.15) is 77.7 Å². The quantitative estimate of drug-likeness (QED) is 0.384. The Morgan fingerprint density at radius 3 is 2.36 bits per heavy atom. The van der Waals surface area contributed by atoms with E-state index in [9.17, 15) is 4.79 Å². The molecule has 1 atom stereocenters. The third-order valence-electron chi connectivity index (χ3n) is 8.06. The van der Waals surface area contributed by atoms with Gasteiger partial charge in [-0.15, -0.1) is 0 Å². The lowest BCUT2D eigenvalue weighted by molar-refractivity contribution is 0.102. The fraction of sp³-hybridized carbons (Fsp3) is 0.419. The van der Waals surface area contributed by atoms with E-state index < -0.39 is 0 Å². The molecule has 3 aromatic rings. The summed E-state index contributed by atoms with van der Waals surface area (Å²) in [5.41, 5.74) is 9.59. The molecular weight excluding hydrogens is 444 g/mol. The zero-order valence-electron chi connectivity index (χ0n) is 22.0. The number of likely N-dealkylation sites (tertiary alicyclic amines) is 1. The number of carbonyl (C=O) groups excluding carboxylic acids is 1. The van der Waals surface area contributed by atoms with E-state index in [1.54, 1.807) is 0 Å². The van der Waals surface area contributed by atoms with Crippen LogP contribution in [0, 0.1) is 13.8 Å². The summed E-state index contributed by atoms with van der Waals surface area (Å²) in [6, 6.07) is 15.0. The summed E-state index contributed by atoms with van der Waals surface area (Å²) in [7, 11) is 1.94. The monoisotopic (exact) mass is 482 g/mol. The number of hydrogen-bond donors (Lipinski definition) is 2. The number of hydrogen-bond acceptors (Lipinski definition) is 4. The minimum Gasteiger partial charge on any atom is -0.388 e. The van der Waals surface area contributed by atoms with Crippen LogP contribution in [0.2, 0.25) is 0 Å². The van der Waals surface area contributed by atoms with Gasteiger partial charge in [-0.05, 0) is 110 Å². The highest BCUT2D eigenvalue weighted by atomic mass is 16.1. The Balaban J connectivity index is 1.38. The van der Waals surface area contributed by atoms with Gasteiger partial charge in [0.25, 0.3) is 5.91 Å². The summed E-state index contributed by atoms with van der Waals surface area (Å²) in [5, 5.41) is 6.42. The first kappa shape index (κ1) is 24.5. The van der Waals surface area contributed by atoms with Gasteiger partial charge in [-0.25, -0.2) is 0 Å². The van der Waals surface area contributed by atoms with Gasteiger partial charge < -0.3 is 10.6 Å².